The maximum atomic E-state index is 13.0. The van der Waals surface area contributed by atoms with Crippen molar-refractivity contribution in [2.75, 3.05) is 9.80 Å². The number of nitrogens with zero attached hydrogens (tertiary/aromatic N) is 6. The number of carbonyl (C=O) groups excluding carboxylic acids is 2. The summed E-state index contributed by atoms with van der Waals surface area (Å²) in [6.45, 7) is 0. The lowest BCUT2D eigenvalue weighted by molar-refractivity contribution is -0.125. The van der Waals surface area contributed by atoms with E-state index >= 15 is 0 Å². The van der Waals surface area contributed by atoms with E-state index in [1.807, 2.05) is 84.9 Å². The van der Waals surface area contributed by atoms with Crippen molar-refractivity contribution in [2.24, 2.45) is 14.1 Å². The second kappa shape index (κ2) is 10.9. The Morgan fingerprint density at radius 2 is 0.936 bits per heavy atom. The van der Waals surface area contributed by atoms with Crippen molar-refractivity contribution in [2.45, 2.75) is 31.3 Å². The monoisotopic (exact) mass is 622 g/mol. The molecule has 4 aromatic carbocycles. The molecule has 0 N–H and O–H groups in total. The van der Waals surface area contributed by atoms with Crippen molar-refractivity contribution in [3.63, 3.8) is 0 Å². The maximum absolute atomic E-state index is 13.0. The Labute approximate surface area is 269 Å². The van der Waals surface area contributed by atoms with Crippen LogP contribution in [0.5, 0.6) is 0 Å². The van der Waals surface area contributed by atoms with E-state index in [2.05, 4.69) is 0 Å². The van der Waals surface area contributed by atoms with Crippen molar-refractivity contribution in [3.8, 4) is 0 Å². The van der Waals surface area contributed by atoms with E-state index in [0.29, 0.717) is 52.7 Å². The molecule has 4 heterocycles. The van der Waals surface area contributed by atoms with Crippen LogP contribution in [0.15, 0.2) is 107 Å². The minimum absolute atomic E-state index is 0.0152. The lowest BCUT2D eigenvalue weighted by atomic mass is 9.97. The molecule has 2 unspecified atom stereocenters. The highest BCUT2D eigenvalue weighted by molar-refractivity contribution is 6.01. The highest BCUT2D eigenvalue weighted by Gasteiger charge is 2.42. The summed E-state index contributed by atoms with van der Waals surface area (Å²) < 4.78 is 3.08. The summed E-state index contributed by atoms with van der Waals surface area (Å²) in [5, 5.41) is 1.11. The van der Waals surface area contributed by atoms with E-state index in [9.17, 15) is 19.2 Å². The molecule has 0 saturated carbocycles. The fourth-order valence-corrected chi connectivity index (χ4v) is 6.75. The van der Waals surface area contributed by atoms with Gasteiger partial charge in [0.1, 0.15) is 23.7 Å². The second-order valence-electron chi connectivity index (χ2n) is 12.2. The summed E-state index contributed by atoms with van der Waals surface area (Å²) in [6.07, 6.45) is 1.25. The minimum atomic E-state index is -0.316. The van der Waals surface area contributed by atoms with Crippen LogP contribution in [0.1, 0.15) is 47.7 Å². The van der Waals surface area contributed by atoms with Crippen LogP contribution >= 0.6 is 0 Å². The average molecular weight is 623 g/mol. The van der Waals surface area contributed by atoms with Gasteiger partial charge in [0.25, 0.3) is 11.1 Å². The maximum Gasteiger partial charge on any atom is 0.261 e. The van der Waals surface area contributed by atoms with E-state index in [4.69, 9.17) is 9.97 Å². The Hall–Kier alpha value is -5.90. The number of para-hydroxylation sites is 2. The zero-order valence-electron chi connectivity index (χ0n) is 25.8. The van der Waals surface area contributed by atoms with Gasteiger partial charge in [0.15, 0.2) is 0 Å². The molecule has 0 aliphatic carbocycles. The van der Waals surface area contributed by atoms with Crippen LogP contribution in [0.2, 0.25) is 0 Å². The third-order valence-corrected chi connectivity index (χ3v) is 9.37. The fourth-order valence-electron chi connectivity index (χ4n) is 6.75. The zero-order chi connectivity index (χ0) is 32.4. The first-order chi connectivity index (χ1) is 22.8. The number of β-lactam (4-membered cyclic amide) rings is 2. The molecule has 47 heavy (non-hydrogen) atoms. The van der Waals surface area contributed by atoms with Crippen LogP contribution in [0.4, 0.5) is 11.4 Å². The average Bonchev–Trinajstić information content (AvgIpc) is 3.08. The summed E-state index contributed by atoms with van der Waals surface area (Å²) in [4.78, 5) is 64.3. The molecule has 2 saturated heterocycles. The van der Waals surface area contributed by atoms with Crippen LogP contribution in [0.3, 0.4) is 0 Å². The third-order valence-electron chi connectivity index (χ3n) is 9.37. The van der Waals surface area contributed by atoms with E-state index in [-0.39, 0.29) is 35.0 Å². The number of rotatable bonds is 6. The van der Waals surface area contributed by atoms with Crippen LogP contribution in [-0.4, -0.2) is 30.9 Å². The topological polar surface area (TPSA) is 110 Å². The summed E-state index contributed by atoms with van der Waals surface area (Å²) in [5.41, 5.74) is 4.63. The van der Waals surface area contributed by atoms with Gasteiger partial charge in [0.2, 0.25) is 11.8 Å². The fraction of sp³-hybridized carbons (Fsp3) is 0.189. The Balaban J connectivity index is 0.991. The summed E-state index contributed by atoms with van der Waals surface area (Å²) in [6, 6.07) is 29.6. The van der Waals surface area contributed by atoms with Crippen molar-refractivity contribution in [3.05, 3.63) is 141 Å². The molecule has 2 aliphatic rings. The molecule has 2 aliphatic heterocycles. The van der Waals surface area contributed by atoms with Crippen molar-refractivity contribution in [1.29, 1.82) is 0 Å². The largest absolute Gasteiger partial charge is 0.301 e. The molecular weight excluding hydrogens is 592 g/mol. The molecule has 2 amide bonds. The van der Waals surface area contributed by atoms with Gasteiger partial charge in [-0.25, -0.2) is 9.97 Å². The SMILES string of the molecule is Cn1c(C2CC(=O)N2c2ccc(Cc3ccc(N4C(=O)CC4c4nc5ccccc5c(=O)n4C)cc3)cc2)nc2ccccc2c1=O. The van der Waals surface area contributed by atoms with E-state index in [1.165, 1.54) is 0 Å². The second-order valence-corrected chi connectivity index (χ2v) is 12.2. The van der Waals surface area contributed by atoms with Gasteiger partial charge in [-0.3, -0.25) is 28.3 Å². The molecule has 10 heteroatoms. The number of amides is 2. The van der Waals surface area contributed by atoms with Crippen LogP contribution in [0.25, 0.3) is 21.8 Å². The van der Waals surface area contributed by atoms with Crippen LogP contribution in [0, 0.1) is 0 Å². The molecule has 0 radical (unpaired) electrons. The lowest BCUT2D eigenvalue weighted by Crippen LogP contribution is -2.48. The molecule has 232 valence electrons. The van der Waals surface area contributed by atoms with Gasteiger partial charge in [-0.2, -0.15) is 0 Å². The lowest BCUT2D eigenvalue weighted by Gasteiger charge is -2.40. The number of hydrogen-bond acceptors (Lipinski definition) is 6. The number of aromatic nitrogens is 4. The summed E-state index contributed by atoms with van der Waals surface area (Å²) >= 11 is 0. The van der Waals surface area contributed by atoms with Crippen molar-refractivity contribution >= 4 is 45.0 Å². The number of anilines is 2. The normalized spacial score (nSPS) is 17.7. The Morgan fingerprint density at radius 1 is 0.553 bits per heavy atom. The number of fused-ring (bicyclic) bond motifs is 2. The smallest absolute Gasteiger partial charge is 0.261 e. The van der Waals surface area contributed by atoms with Gasteiger partial charge in [-0.05, 0) is 66.1 Å². The van der Waals surface area contributed by atoms with E-state index < -0.39 is 0 Å². The van der Waals surface area contributed by atoms with Gasteiger partial charge in [0, 0.05) is 25.5 Å². The molecule has 2 fully saturated rings. The van der Waals surface area contributed by atoms with Crippen LogP contribution in [-0.2, 0) is 30.1 Å². The highest BCUT2D eigenvalue weighted by Crippen LogP contribution is 2.39. The van der Waals surface area contributed by atoms with Gasteiger partial charge in [0.05, 0.1) is 34.6 Å². The quantitative estimate of drug-likeness (QED) is 0.249. The van der Waals surface area contributed by atoms with Gasteiger partial charge >= 0.3 is 0 Å². The molecule has 0 bridgehead atoms. The first kappa shape index (κ1) is 28.6. The molecular formula is C37H30N6O4. The van der Waals surface area contributed by atoms with Crippen LogP contribution < -0.4 is 20.9 Å². The third kappa shape index (κ3) is 4.63. The first-order valence-corrected chi connectivity index (χ1v) is 15.5. The Bertz CT molecular complexity index is 2190. The number of hydrogen-bond donors (Lipinski definition) is 0. The summed E-state index contributed by atoms with van der Waals surface area (Å²) in [7, 11) is 3.40. The number of carbonyl (C=O) groups is 2. The Morgan fingerprint density at radius 3 is 1.32 bits per heavy atom. The minimum Gasteiger partial charge on any atom is -0.301 e. The predicted octanol–water partition coefficient (Wildman–Crippen LogP) is 4.73. The van der Waals surface area contributed by atoms with Crippen molar-refractivity contribution in [1.82, 2.24) is 19.1 Å². The van der Waals surface area contributed by atoms with Gasteiger partial charge in [-0.15, -0.1) is 0 Å². The molecule has 10 nitrogen and oxygen atoms in total. The zero-order valence-corrected chi connectivity index (χ0v) is 25.8. The predicted molar refractivity (Wildman–Crippen MR) is 179 cm³/mol. The van der Waals surface area contributed by atoms with Gasteiger partial charge in [-0.1, -0.05) is 48.5 Å². The molecule has 8 rings (SSSR count). The highest BCUT2D eigenvalue weighted by atomic mass is 16.2. The summed E-state index contributed by atoms with van der Waals surface area (Å²) in [5.74, 6) is 1.11. The molecule has 6 aromatic rings. The first-order valence-electron chi connectivity index (χ1n) is 15.5. The molecule has 2 aromatic heterocycles. The molecule has 0 spiro atoms. The standard InChI is InChI=1S/C37H30N6O4/c1-40-34(38-28-9-5-3-7-26(28)36(40)46)30-20-32(44)42(30)24-15-11-22(12-16-24)19-23-13-17-25(18-14-23)43-31(21-33(43)45)35-39-29-10-6-4-8-27(29)37(47)41(35)2/h3-18,30-31H,19-21H2,1-2H3. The van der Waals surface area contributed by atoms with Crippen molar-refractivity contribution < 1.29 is 9.59 Å². The van der Waals surface area contributed by atoms with E-state index in [0.717, 1.165) is 22.5 Å². The molecule has 2 atom stereocenters. The Kier molecular flexibility index (Phi) is 6.61. The number of benzene rings is 4. The van der Waals surface area contributed by atoms with Gasteiger partial charge < -0.3 is 9.80 Å². The van der Waals surface area contributed by atoms with E-state index in [1.54, 1.807) is 45.2 Å².